The zero-order valence-corrected chi connectivity index (χ0v) is 15.7. The van der Waals surface area contributed by atoms with Gasteiger partial charge in [-0.15, -0.1) is 0 Å². The van der Waals surface area contributed by atoms with E-state index in [1.807, 2.05) is 29.2 Å². The highest BCUT2D eigenvalue weighted by Gasteiger charge is 2.19. The minimum Gasteiger partial charge on any atom is -0.478 e. The van der Waals surface area contributed by atoms with Gasteiger partial charge in [-0.25, -0.2) is 4.79 Å². The molecule has 1 saturated heterocycles. The van der Waals surface area contributed by atoms with Crippen LogP contribution in [0.3, 0.4) is 0 Å². The van der Waals surface area contributed by atoms with E-state index in [-0.39, 0.29) is 17.4 Å². The highest BCUT2D eigenvalue weighted by Crippen LogP contribution is 2.15. The summed E-state index contributed by atoms with van der Waals surface area (Å²) in [6.45, 7) is 1.93. The van der Waals surface area contributed by atoms with Crippen LogP contribution in [-0.2, 0) is 29.1 Å². The molecule has 3 rings (SSSR count). The summed E-state index contributed by atoms with van der Waals surface area (Å²) >= 11 is 0. The number of aromatic carboxylic acids is 1. The fourth-order valence-corrected chi connectivity index (χ4v) is 3.21. The largest absolute Gasteiger partial charge is 0.478 e. The van der Waals surface area contributed by atoms with Gasteiger partial charge in [-0.2, -0.15) is 0 Å². The van der Waals surface area contributed by atoms with Gasteiger partial charge in [0, 0.05) is 32.5 Å². The van der Waals surface area contributed by atoms with Gasteiger partial charge in [-0.3, -0.25) is 9.59 Å². The predicted octanol–water partition coefficient (Wildman–Crippen LogP) is 2.76. The van der Waals surface area contributed by atoms with E-state index in [1.165, 1.54) is 0 Å². The number of amides is 2. The van der Waals surface area contributed by atoms with E-state index in [0.29, 0.717) is 32.4 Å². The van der Waals surface area contributed by atoms with E-state index in [1.54, 1.807) is 24.3 Å². The zero-order chi connectivity index (χ0) is 19.9. The number of rotatable bonds is 8. The van der Waals surface area contributed by atoms with Crippen molar-refractivity contribution < 1.29 is 19.5 Å². The second-order valence-corrected chi connectivity index (χ2v) is 7.01. The molecule has 6 nitrogen and oxygen atoms in total. The van der Waals surface area contributed by atoms with Gasteiger partial charge in [0.25, 0.3) is 0 Å². The Morgan fingerprint density at radius 2 is 1.61 bits per heavy atom. The van der Waals surface area contributed by atoms with Gasteiger partial charge < -0.3 is 15.3 Å². The normalized spacial score (nSPS) is 13.6. The third kappa shape index (κ3) is 5.42. The first-order valence-corrected chi connectivity index (χ1v) is 9.46. The molecule has 6 heteroatoms. The molecule has 1 aliphatic heterocycles. The molecule has 146 valence electrons. The maximum atomic E-state index is 12.0. The molecule has 1 fully saturated rings. The monoisotopic (exact) mass is 380 g/mol. The Morgan fingerprint density at radius 1 is 0.964 bits per heavy atom. The van der Waals surface area contributed by atoms with Crippen LogP contribution in [0.5, 0.6) is 0 Å². The quantitative estimate of drug-likeness (QED) is 0.737. The van der Waals surface area contributed by atoms with Crippen LogP contribution in [0, 0.1) is 0 Å². The van der Waals surface area contributed by atoms with Crippen molar-refractivity contribution in [3.8, 4) is 0 Å². The molecule has 0 aromatic heterocycles. The molecule has 28 heavy (non-hydrogen) atoms. The maximum absolute atomic E-state index is 12.0. The number of carboxylic acids is 1. The lowest BCUT2D eigenvalue weighted by Gasteiger charge is -2.15. The van der Waals surface area contributed by atoms with Crippen molar-refractivity contribution in [3.63, 3.8) is 0 Å². The summed E-state index contributed by atoms with van der Waals surface area (Å²) in [5, 5.41) is 11.8. The van der Waals surface area contributed by atoms with Crippen molar-refractivity contribution in [1.82, 2.24) is 10.2 Å². The Morgan fingerprint density at radius 3 is 2.21 bits per heavy atom. The van der Waals surface area contributed by atoms with Gasteiger partial charge in [0.05, 0.1) is 5.56 Å². The zero-order valence-electron chi connectivity index (χ0n) is 15.7. The Labute approximate surface area is 164 Å². The lowest BCUT2D eigenvalue weighted by Crippen LogP contribution is -2.24. The van der Waals surface area contributed by atoms with Crippen LogP contribution in [0.4, 0.5) is 0 Å². The van der Waals surface area contributed by atoms with E-state index in [2.05, 4.69) is 5.32 Å². The molecule has 2 aromatic rings. The third-order valence-electron chi connectivity index (χ3n) is 4.90. The first-order valence-electron chi connectivity index (χ1n) is 9.46. The van der Waals surface area contributed by atoms with Crippen LogP contribution < -0.4 is 5.32 Å². The molecule has 2 amide bonds. The number of likely N-dealkylation sites (tertiary alicyclic amines) is 1. The lowest BCUT2D eigenvalue weighted by molar-refractivity contribution is -0.128. The van der Waals surface area contributed by atoms with Crippen molar-refractivity contribution in [2.45, 2.75) is 38.8 Å². The number of hydrogen-bond acceptors (Lipinski definition) is 3. The number of carbonyl (C=O) groups is 3. The van der Waals surface area contributed by atoms with E-state index in [4.69, 9.17) is 5.11 Å². The summed E-state index contributed by atoms with van der Waals surface area (Å²) in [4.78, 5) is 36.4. The highest BCUT2D eigenvalue weighted by atomic mass is 16.4. The smallest absolute Gasteiger partial charge is 0.335 e. The Balaban J connectivity index is 1.41. The number of benzene rings is 2. The summed E-state index contributed by atoms with van der Waals surface area (Å²) < 4.78 is 0. The van der Waals surface area contributed by atoms with Crippen molar-refractivity contribution >= 4 is 17.8 Å². The van der Waals surface area contributed by atoms with Crippen LogP contribution in [-0.4, -0.2) is 34.3 Å². The Bertz CT molecular complexity index is 844. The van der Waals surface area contributed by atoms with E-state index >= 15 is 0 Å². The van der Waals surface area contributed by atoms with Crippen LogP contribution in [0.15, 0.2) is 48.5 Å². The van der Waals surface area contributed by atoms with Crippen molar-refractivity contribution in [2.24, 2.45) is 0 Å². The molecule has 1 aliphatic rings. The standard InChI is InChI=1S/C22H24N2O4/c25-20(12-9-16-7-10-19(11-8-16)22(27)28)23-14-17-3-5-18(6-4-17)15-24-13-1-2-21(24)26/h3-8,10-11H,1-2,9,12-15H2,(H,23,25)(H,27,28). The molecule has 0 radical (unpaired) electrons. The summed E-state index contributed by atoms with van der Waals surface area (Å²) in [6.07, 6.45) is 2.50. The number of carbonyl (C=O) groups excluding carboxylic acids is 2. The Hall–Kier alpha value is -3.15. The second kappa shape index (κ2) is 9.17. The van der Waals surface area contributed by atoms with Crippen molar-refractivity contribution in [1.29, 1.82) is 0 Å². The molecular weight excluding hydrogens is 356 g/mol. The third-order valence-corrected chi connectivity index (χ3v) is 4.90. The van der Waals surface area contributed by atoms with Gasteiger partial charge in [-0.1, -0.05) is 36.4 Å². The summed E-state index contributed by atoms with van der Waals surface area (Å²) in [7, 11) is 0. The van der Waals surface area contributed by atoms with Crippen LogP contribution in [0.25, 0.3) is 0 Å². The number of carboxylic acid groups (broad SMARTS) is 1. The van der Waals surface area contributed by atoms with Gasteiger partial charge in [-0.05, 0) is 41.7 Å². The van der Waals surface area contributed by atoms with Crippen molar-refractivity contribution in [2.75, 3.05) is 6.54 Å². The number of hydrogen-bond donors (Lipinski definition) is 2. The molecule has 0 bridgehead atoms. The van der Waals surface area contributed by atoms with E-state index < -0.39 is 5.97 Å². The molecule has 0 unspecified atom stereocenters. The SMILES string of the molecule is O=C(CCc1ccc(C(=O)O)cc1)NCc1ccc(CN2CCCC2=O)cc1. The number of nitrogens with zero attached hydrogens (tertiary/aromatic N) is 1. The molecule has 0 atom stereocenters. The second-order valence-electron chi connectivity index (χ2n) is 7.01. The molecule has 2 N–H and O–H groups in total. The molecule has 0 spiro atoms. The Kier molecular flexibility index (Phi) is 6.42. The van der Waals surface area contributed by atoms with Crippen molar-refractivity contribution in [3.05, 3.63) is 70.8 Å². The molecule has 1 heterocycles. The fourth-order valence-electron chi connectivity index (χ4n) is 3.21. The first kappa shape index (κ1) is 19.6. The number of aryl methyl sites for hydroxylation is 1. The van der Waals surface area contributed by atoms with Gasteiger partial charge in [0.15, 0.2) is 0 Å². The van der Waals surface area contributed by atoms with Crippen LogP contribution >= 0.6 is 0 Å². The summed E-state index contributed by atoms with van der Waals surface area (Å²) in [6, 6.07) is 14.5. The predicted molar refractivity (Wildman–Crippen MR) is 105 cm³/mol. The molecular formula is C22H24N2O4. The van der Waals surface area contributed by atoms with Gasteiger partial charge in [0.1, 0.15) is 0 Å². The minimum absolute atomic E-state index is 0.0472. The topological polar surface area (TPSA) is 86.7 Å². The number of nitrogens with one attached hydrogen (secondary N) is 1. The lowest BCUT2D eigenvalue weighted by atomic mass is 10.1. The van der Waals surface area contributed by atoms with Gasteiger partial charge in [0.2, 0.25) is 11.8 Å². The van der Waals surface area contributed by atoms with Crippen LogP contribution in [0.2, 0.25) is 0 Å². The van der Waals surface area contributed by atoms with E-state index in [0.717, 1.165) is 29.7 Å². The van der Waals surface area contributed by atoms with Gasteiger partial charge >= 0.3 is 5.97 Å². The minimum atomic E-state index is -0.956. The summed E-state index contributed by atoms with van der Waals surface area (Å²) in [5.74, 6) is -0.787. The fraction of sp³-hybridized carbons (Fsp3) is 0.318. The average molecular weight is 380 g/mol. The summed E-state index contributed by atoms with van der Waals surface area (Å²) in [5.41, 5.74) is 3.28. The van der Waals surface area contributed by atoms with E-state index in [9.17, 15) is 14.4 Å². The molecule has 2 aromatic carbocycles. The molecule has 0 saturated carbocycles. The molecule has 0 aliphatic carbocycles. The average Bonchev–Trinajstić information content (AvgIpc) is 3.10. The highest BCUT2D eigenvalue weighted by molar-refractivity contribution is 5.87. The first-order chi connectivity index (χ1) is 13.5. The van der Waals surface area contributed by atoms with Crippen LogP contribution in [0.1, 0.15) is 46.3 Å². The maximum Gasteiger partial charge on any atom is 0.335 e.